The van der Waals surface area contributed by atoms with Crippen LogP contribution in [0.15, 0.2) is 24.3 Å². The standard InChI is InChI=1S/C20H32ClNO/c1-4-6-8-14-20(3,15-9-7-5-2)19(23)22-16-17-10-12-18(21)13-11-17/h10-13H,4-9,14-16H2,1-3H3,(H,22,23). The van der Waals surface area contributed by atoms with Gasteiger partial charge in [0.05, 0.1) is 0 Å². The van der Waals surface area contributed by atoms with Crippen molar-refractivity contribution in [2.75, 3.05) is 0 Å². The van der Waals surface area contributed by atoms with E-state index < -0.39 is 0 Å². The first-order valence-electron chi connectivity index (χ1n) is 9.04. The zero-order valence-electron chi connectivity index (χ0n) is 15.0. The summed E-state index contributed by atoms with van der Waals surface area (Å²) in [5.74, 6) is 0.194. The lowest BCUT2D eigenvalue weighted by molar-refractivity contribution is -0.131. The second-order valence-electron chi connectivity index (χ2n) is 6.78. The van der Waals surface area contributed by atoms with Gasteiger partial charge in [-0.2, -0.15) is 0 Å². The molecule has 3 heteroatoms. The molecule has 0 spiro atoms. The number of halogens is 1. The van der Waals surface area contributed by atoms with Crippen molar-refractivity contribution in [1.82, 2.24) is 5.32 Å². The fraction of sp³-hybridized carbons (Fsp3) is 0.650. The van der Waals surface area contributed by atoms with Crippen molar-refractivity contribution in [3.63, 3.8) is 0 Å². The Kier molecular flexibility index (Phi) is 9.31. The molecule has 0 saturated carbocycles. The highest BCUT2D eigenvalue weighted by Crippen LogP contribution is 2.31. The van der Waals surface area contributed by atoms with Crippen LogP contribution in [0.1, 0.15) is 77.7 Å². The number of hydrogen-bond acceptors (Lipinski definition) is 1. The Balaban J connectivity index is 2.59. The zero-order chi connectivity index (χ0) is 17.1. The molecule has 0 fully saturated rings. The van der Waals surface area contributed by atoms with Crippen LogP contribution in [-0.4, -0.2) is 5.91 Å². The van der Waals surface area contributed by atoms with Gasteiger partial charge in [-0.05, 0) is 30.5 Å². The van der Waals surface area contributed by atoms with Crippen molar-refractivity contribution in [3.8, 4) is 0 Å². The molecule has 0 bridgehead atoms. The number of carbonyl (C=O) groups excluding carboxylic acids is 1. The van der Waals surface area contributed by atoms with Gasteiger partial charge in [0.2, 0.25) is 5.91 Å². The molecule has 1 N–H and O–H groups in total. The fourth-order valence-corrected chi connectivity index (χ4v) is 3.01. The normalized spacial score (nSPS) is 11.5. The topological polar surface area (TPSA) is 29.1 Å². The Morgan fingerprint density at radius 3 is 2.00 bits per heavy atom. The van der Waals surface area contributed by atoms with Crippen molar-refractivity contribution < 1.29 is 4.79 Å². The molecule has 23 heavy (non-hydrogen) atoms. The van der Waals surface area contributed by atoms with E-state index in [2.05, 4.69) is 26.1 Å². The predicted octanol–water partition coefficient (Wildman–Crippen LogP) is 6.12. The summed E-state index contributed by atoms with van der Waals surface area (Å²) in [7, 11) is 0. The number of amides is 1. The molecule has 0 aliphatic carbocycles. The van der Waals surface area contributed by atoms with E-state index in [0.717, 1.165) is 36.3 Å². The molecular formula is C20H32ClNO. The van der Waals surface area contributed by atoms with E-state index in [9.17, 15) is 4.79 Å². The third-order valence-corrected chi connectivity index (χ3v) is 4.83. The van der Waals surface area contributed by atoms with Crippen molar-refractivity contribution in [2.45, 2.75) is 78.7 Å². The smallest absolute Gasteiger partial charge is 0.226 e. The first kappa shape index (κ1) is 20.0. The first-order chi connectivity index (χ1) is 11.0. The molecule has 0 heterocycles. The highest BCUT2D eigenvalue weighted by molar-refractivity contribution is 6.30. The number of benzene rings is 1. The van der Waals surface area contributed by atoms with Crippen LogP contribution in [-0.2, 0) is 11.3 Å². The molecule has 0 aromatic heterocycles. The molecule has 0 saturated heterocycles. The highest BCUT2D eigenvalue weighted by atomic mass is 35.5. The van der Waals surface area contributed by atoms with Crippen molar-refractivity contribution in [1.29, 1.82) is 0 Å². The monoisotopic (exact) mass is 337 g/mol. The number of hydrogen-bond donors (Lipinski definition) is 1. The lowest BCUT2D eigenvalue weighted by Gasteiger charge is -2.28. The van der Waals surface area contributed by atoms with Crippen LogP contribution in [0.2, 0.25) is 5.02 Å². The van der Waals surface area contributed by atoms with Crippen molar-refractivity contribution >= 4 is 17.5 Å². The maximum absolute atomic E-state index is 12.8. The average Bonchev–Trinajstić information content (AvgIpc) is 2.54. The van der Waals surface area contributed by atoms with E-state index in [-0.39, 0.29) is 11.3 Å². The molecular weight excluding hydrogens is 306 g/mol. The van der Waals surface area contributed by atoms with Gasteiger partial charge in [0, 0.05) is 17.0 Å². The van der Waals surface area contributed by atoms with Crippen LogP contribution in [0.4, 0.5) is 0 Å². The van der Waals surface area contributed by atoms with E-state index in [1.165, 1.54) is 25.7 Å². The second kappa shape index (κ2) is 10.7. The molecule has 1 aromatic carbocycles. The Morgan fingerprint density at radius 1 is 1.00 bits per heavy atom. The molecule has 1 amide bonds. The van der Waals surface area contributed by atoms with Crippen LogP contribution in [0.3, 0.4) is 0 Å². The van der Waals surface area contributed by atoms with Crippen molar-refractivity contribution in [2.24, 2.45) is 5.41 Å². The summed E-state index contributed by atoms with van der Waals surface area (Å²) in [6.45, 7) is 7.12. The SMILES string of the molecule is CCCCCC(C)(CCCCC)C(=O)NCc1ccc(Cl)cc1. The van der Waals surface area contributed by atoms with Gasteiger partial charge in [-0.1, -0.05) is 83.0 Å². The van der Waals surface area contributed by atoms with Gasteiger partial charge in [-0.3, -0.25) is 4.79 Å². The minimum atomic E-state index is -0.239. The van der Waals surface area contributed by atoms with E-state index >= 15 is 0 Å². The maximum atomic E-state index is 12.8. The second-order valence-corrected chi connectivity index (χ2v) is 7.22. The summed E-state index contributed by atoms with van der Waals surface area (Å²) in [5, 5.41) is 3.86. The fourth-order valence-electron chi connectivity index (χ4n) is 2.88. The molecule has 0 aliphatic heterocycles. The van der Waals surface area contributed by atoms with Gasteiger partial charge >= 0.3 is 0 Å². The van der Waals surface area contributed by atoms with Crippen LogP contribution < -0.4 is 5.32 Å². The van der Waals surface area contributed by atoms with Gasteiger partial charge in [0.25, 0.3) is 0 Å². The molecule has 0 atom stereocenters. The molecule has 1 rings (SSSR count). The van der Waals surface area contributed by atoms with Crippen LogP contribution in [0, 0.1) is 5.41 Å². The summed E-state index contributed by atoms with van der Waals surface area (Å²) >= 11 is 5.90. The largest absolute Gasteiger partial charge is 0.352 e. The van der Waals surface area contributed by atoms with Gasteiger partial charge in [0.15, 0.2) is 0 Å². The third kappa shape index (κ3) is 7.39. The summed E-state index contributed by atoms with van der Waals surface area (Å²) in [4.78, 5) is 12.8. The van der Waals surface area contributed by atoms with Gasteiger partial charge in [-0.15, -0.1) is 0 Å². The van der Waals surface area contributed by atoms with E-state index in [1.807, 2.05) is 24.3 Å². The molecule has 130 valence electrons. The molecule has 0 aliphatic rings. The predicted molar refractivity (Wildman–Crippen MR) is 99.7 cm³/mol. The molecule has 1 aromatic rings. The molecule has 0 radical (unpaired) electrons. The minimum Gasteiger partial charge on any atom is -0.352 e. The van der Waals surface area contributed by atoms with Gasteiger partial charge in [-0.25, -0.2) is 0 Å². The third-order valence-electron chi connectivity index (χ3n) is 4.58. The lowest BCUT2D eigenvalue weighted by atomic mass is 9.79. The van der Waals surface area contributed by atoms with Crippen molar-refractivity contribution in [3.05, 3.63) is 34.9 Å². The lowest BCUT2D eigenvalue weighted by Crippen LogP contribution is -2.38. The van der Waals surface area contributed by atoms with E-state index in [1.54, 1.807) is 0 Å². The Bertz CT molecular complexity index is 445. The Hall–Kier alpha value is -1.02. The van der Waals surface area contributed by atoms with Crippen LogP contribution in [0.25, 0.3) is 0 Å². The summed E-state index contributed by atoms with van der Waals surface area (Å²) in [6.07, 6.45) is 9.02. The van der Waals surface area contributed by atoms with E-state index in [4.69, 9.17) is 11.6 Å². The van der Waals surface area contributed by atoms with Gasteiger partial charge in [0.1, 0.15) is 0 Å². The summed E-state index contributed by atoms with van der Waals surface area (Å²) in [5.41, 5.74) is 0.851. The van der Waals surface area contributed by atoms with Crippen LogP contribution in [0.5, 0.6) is 0 Å². The van der Waals surface area contributed by atoms with Crippen LogP contribution >= 0.6 is 11.6 Å². The Labute approximate surface area is 147 Å². The van der Waals surface area contributed by atoms with E-state index in [0.29, 0.717) is 6.54 Å². The Morgan fingerprint density at radius 2 is 1.52 bits per heavy atom. The highest BCUT2D eigenvalue weighted by Gasteiger charge is 2.31. The molecule has 0 unspecified atom stereocenters. The summed E-state index contributed by atoms with van der Waals surface area (Å²) < 4.78 is 0. The minimum absolute atomic E-state index is 0.194. The quantitative estimate of drug-likeness (QED) is 0.484. The number of carbonyl (C=O) groups is 1. The first-order valence-corrected chi connectivity index (χ1v) is 9.42. The number of unbranched alkanes of at least 4 members (excludes halogenated alkanes) is 4. The van der Waals surface area contributed by atoms with Gasteiger partial charge < -0.3 is 5.32 Å². The number of rotatable bonds is 11. The zero-order valence-corrected chi connectivity index (χ0v) is 15.7. The average molecular weight is 338 g/mol. The summed E-state index contributed by atoms with van der Waals surface area (Å²) in [6, 6.07) is 7.66. The maximum Gasteiger partial charge on any atom is 0.226 e. The molecule has 2 nitrogen and oxygen atoms in total. The number of nitrogens with one attached hydrogen (secondary N) is 1.